The predicted octanol–water partition coefficient (Wildman–Crippen LogP) is 2.31. The van der Waals surface area contributed by atoms with Gasteiger partial charge in [0.25, 0.3) is 5.91 Å². The van der Waals surface area contributed by atoms with E-state index in [9.17, 15) is 13.2 Å². The maximum absolute atomic E-state index is 12.8. The zero-order valence-corrected chi connectivity index (χ0v) is 17.1. The highest BCUT2D eigenvalue weighted by atomic mass is 32.2. The van der Waals surface area contributed by atoms with Gasteiger partial charge < -0.3 is 10.6 Å². The van der Waals surface area contributed by atoms with Crippen molar-refractivity contribution in [1.29, 1.82) is 0 Å². The highest BCUT2D eigenvalue weighted by Crippen LogP contribution is 2.25. The Hall–Kier alpha value is -1.44. The van der Waals surface area contributed by atoms with Crippen molar-refractivity contribution >= 4 is 15.9 Å². The van der Waals surface area contributed by atoms with Gasteiger partial charge in [0.05, 0.1) is 4.90 Å². The molecular formula is C20H31N3O3S. The van der Waals surface area contributed by atoms with Gasteiger partial charge in [-0.25, -0.2) is 8.42 Å². The summed E-state index contributed by atoms with van der Waals surface area (Å²) in [5.41, 5.74) is 6.54. The molecule has 3 rings (SSSR count). The lowest BCUT2D eigenvalue weighted by molar-refractivity contribution is 0.0661. The number of nitrogens with zero attached hydrogens (tertiary/aromatic N) is 2. The van der Waals surface area contributed by atoms with Gasteiger partial charge in [-0.05, 0) is 68.7 Å². The quantitative estimate of drug-likeness (QED) is 0.851. The highest BCUT2D eigenvalue weighted by Gasteiger charge is 2.29. The number of likely N-dealkylation sites (tertiary alicyclic amines) is 1. The molecule has 2 fully saturated rings. The van der Waals surface area contributed by atoms with Crippen LogP contribution in [0.25, 0.3) is 0 Å². The molecule has 2 unspecified atom stereocenters. The molecule has 2 saturated heterocycles. The van der Waals surface area contributed by atoms with E-state index in [4.69, 9.17) is 5.73 Å². The van der Waals surface area contributed by atoms with Crippen LogP contribution in [-0.2, 0) is 10.0 Å². The van der Waals surface area contributed by atoms with Crippen LogP contribution in [0.15, 0.2) is 29.2 Å². The lowest BCUT2D eigenvalue weighted by Crippen LogP contribution is -2.45. The molecule has 0 saturated carbocycles. The number of carbonyl (C=O) groups is 1. The Morgan fingerprint density at radius 3 is 2.33 bits per heavy atom. The second-order valence-electron chi connectivity index (χ2n) is 8.12. The number of nitrogens with two attached hydrogens (primary N) is 1. The lowest BCUT2D eigenvalue weighted by atomic mass is 9.92. The molecular weight excluding hydrogens is 362 g/mol. The number of amides is 1. The second kappa shape index (κ2) is 8.29. The van der Waals surface area contributed by atoms with E-state index in [0.717, 1.165) is 32.2 Å². The van der Waals surface area contributed by atoms with Crippen molar-refractivity contribution in [2.75, 3.05) is 26.2 Å². The van der Waals surface area contributed by atoms with E-state index in [1.807, 2.05) is 11.8 Å². The van der Waals surface area contributed by atoms with Gasteiger partial charge in [-0.15, -0.1) is 0 Å². The van der Waals surface area contributed by atoms with Gasteiger partial charge in [-0.1, -0.05) is 6.92 Å². The molecule has 2 atom stereocenters. The van der Waals surface area contributed by atoms with Gasteiger partial charge >= 0.3 is 0 Å². The first-order valence-electron chi connectivity index (χ1n) is 9.94. The number of sulfonamides is 1. The molecule has 1 aromatic rings. The Bertz CT molecular complexity index is 753. The zero-order valence-electron chi connectivity index (χ0n) is 16.3. The number of rotatable bonds is 4. The van der Waals surface area contributed by atoms with Crippen molar-refractivity contribution in [3.05, 3.63) is 29.8 Å². The molecule has 1 aromatic carbocycles. The fraction of sp³-hybridized carbons (Fsp3) is 0.650. The SMILES string of the molecule is CC1CCN(S(=O)(=O)c2ccc(C(=O)N3CCCC(C(C)N)C3)cc2)CC1. The second-order valence-corrected chi connectivity index (χ2v) is 10.1. The summed E-state index contributed by atoms with van der Waals surface area (Å²) in [7, 11) is -3.48. The minimum absolute atomic E-state index is 0.0453. The molecule has 27 heavy (non-hydrogen) atoms. The van der Waals surface area contributed by atoms with E-state index in [2.05, 4.69) is 6.92 Å². The van der Waals surface area contributed by atoms with Crippen LogP contribution >= 0.6 is 0 Å². The van der Waals surface area contributed by atoms with Gasteiger partial charge in [0.2, 0.25) is 10.0 Å². The molecule has 2 aliphatic heterocycles. The van der Waals surface area contributed by atoms with Crippen LogP contribution in [0, 0.1) is 11.8 Å². The van der Waals surface area contributed by atoms with E-state index >= 15 is 0 Å². The Kier molecular flexibility index (Phi) is 6.23. The van der Waals surface area contributed by atoms with Crippen molar-refractivity contribution in [3.63, 3.8) is 0 Å². The maximum Gasteiger partial charge on any atom is 0.253 e. The summed E-state index contributed by atoms with van der Waals surface area (Å²) in [6, 6.07) is 6.47. The van der Waals surface area contributed by atoms with Crippen molar-refractivity contribution in [2.45, 2.75) is 50.5 Å². The summed E-state index contributed by atoms with van der Waals surface area (Å²) in [5.74, 6) is 0.848. The molecule has 0 bridgehead atoms. The molecule has 0 aromatic heterocycles. The minimum atomic E-state index is -3.48. The molecule has 0 aliphatic carbocycles. The minimum Gasteiger partial charge on any atom is -0.338 e. The summed E-state index contributed by atoms with van der Waals surface area (Å²) in [6.07, 6.45) is 3.79. The molecule has 1 amide bonds. The first-order valence-corrected chi connectivity index (χ1v) is 11.4. The van der Waals surface area contributed by atoms with Crippen LogP contribution in [0.5, 0.6) is 0 Å². The summed E-state index contributed by atoms with van der Waals surface area (Å²) in [5, 5.41) is 0. The maximum atomic E-state index is 12.8. The number of carbonyl (C=O) groups excluding carboxylic acids is 1. The zero-order chi connectivity index (χ0) is 19.6. The normalized spacial score (nSPS) is 24.0. The molecule has 150 valence electrons. The topological polar surface area (TPSA) is 83.7 Å². The summed E-state index contributed by atoms with van der Waals surface area (Å²) in [4.78, 5) is 14.9. The number of piperidine rings is 2. The van der Waals surface area contributed by atoms with Gasteiger partial charge in [0.1, 0.15) is 0 Å². The van der Waals surface area contributed by atoms with E-state index in [1.54, 1.807) is 28.6 Å². The summed E-state index contributed by atoms with van der Waals surface area (Å²) >= 11 is 0. The Morgan fingerprint density at radius 1 is 1.11 bits per heavy atom. The van der Waals surface area contributed by atoms with E-state index < -0.39 is 10.0 Å². The van der Waals surface area contributed by atoms with Crippen molar-refractivity contribution in [1.82, 2.24) is 9.21 Å². The third-order valence-corrected chi connectivity index (χ3v) is 7.88. The Labute approximate surface area is 162 Å². The van der Waals surface area contributed by atoms with Crippen LogP contribution in [0.1, 0.15) is 49.9 Å². The monoisotopic (exact) mass is 393 g/mol. The Balaban J connectivity index is 1.70. The third kappa shape index (κ3) is 4.52. The predicted molar refractivity (Wildman–Crippen MR) is 106 cm³/mol. The smallest absolute Gasteiger partial charge is 0.253 e. The molecule has 2 heterocycles. The van der Waals surface area contributed by atoms with Crippen LogP contribution < -0.4 is 5.73 Å². The van der Waals surface area contributed by atoms with Crippen molar-refractivity contribution in [2.24, 2.45) is 17.6 Å². The highest BCUT2D eigenvalue weighted by molar-refractivity contribution is 7.89. The fourth-order valence-electron chi connectivity index (χ4n) is 3.95. The van der Waals surface area contributed by atoms with Gasteiger partial charge in [0.15, 0.2) is 0 Å². The third-order valence-electron chi connectivity index (χ3n) is 5.97. The van der Waals surface area contributed by atoms with Crippen molar-refractivity contribution < 1.29 is 13.2 Å². The van der Waals surface area contributed by atoms with E-state index in [1.165, 1.54) is 0 Å². The van der Waals surface area contributed by atoms with Gasteiger partial charge in [-0.2, -0.15) is 4.31 Å². The summed E-state index contributed by atoms with van der Waals surface area (Å²) < 4.78 is 27.2. The van der Waals surface area contributed by atoms with Crippen LogP contribution in [0.3, 0.4) is 0 Å². The van der Waals surface area contributed by atoms with E-state index in [-0.39, 0.29) is 16.8 Å². The lowest BCUT2D eigenvalue weighted by Gasteiger charge is -2.34. The first-order chi connectivity index (χ1) is 12.8. The molecule has 7 heteroatoms. The fourth-order valence-corrected chi connectivity index (χ4v) is 5.42. The average Bonchev–Trinajstić information content (AvgIpc) is 2.68. The number of benzene rings is 1. The average molecular weight is 394 g/mol. The van der Waals surface area contributed by atoms with E-state index in [0.29, 0.717) is 37.0 Å². The molecule has 0 spiro atoms. The standard InChI is InChI=1S/C20H31N3O3S/c1-15-9-12-23(13-10-15)27(25,26)19-7-5-17(6-8-19)20(24)22-11-3-4-18(14-22)16(2)21/h5-8,15-16,18H,3-4,9-14,21H2,1-2H3. The largest absolute Gasteiger partial charge is 0.338 e. The van der Waals surface area contributed by atoms with Crippen LogP contribution in [-0.4, -0.2) is 55.8 Å². The van der Waals surface area contributed by atoms with Gasteiger partial charge in [0, 0.05) is 37.8 Å². The summed E-state index contributed by atoms with van der Waals surface area (Å²) in [6.45, 7) is 6.67. The van der Waals surface area contributed by atoms with Gasteiger partial charge in [-0.3, -0.25) is 4.79 Å². The number of hydrogen-bond donors (Lipinski definition) is 1. The van der Waals surface area contributed by atoms with Crippen LogP contribution in [0.2, 0.25) is 0 Å². The molecule has 6 nitrogen and oxygen atoms in total. The molecule has 2 N–H and O–H groups in total. The molecule has 2 aliphatic rings. The Morgan fingerprint density at radius 2 is 1.74 bits per heavy atom. The number of hydrogen-bond acceptors (Lipinski definition) is 4. The molecule has 0 radical (unpaired) electrons. The van der Waals surface area contributed by atoms with Crippen molar-refractivity contribution in [3.8, 4) is 0 Å². The van der Waals surface area contributed by atoms with Crippen LogP contribution in [0.4, 0.5) is 0 Å². The first kappa shape index (κ1) is 20.3.